The average Bonchev–Trinajstić information content (AvgIpc) is 2.53. The van der Waals surface area contributed by atoms with Crippen LogP contribution in [0, 0.1) is 5.92 Å². The van der Waals surface area contributed by atoms with E-state index in [0.717, 1.165) is 13.1 Å². The van der Waals surface area contributed by atoms with Crippen molar-refractivity contribution >= 4 is 0 Å². The van der Waals surface area contributed by atoms with Gasteiger partial charge in [0, 0.05) is 26.0 Å². The summed E-state index contributed by atoms with van der Waals surface area (Å²) >= 11 is 0. The molecule has 0 aromatic carbocycles. The number of ether oxygens (including phenoxy) is 1. The zero-order chi connectivity index (χ0) is 10.4. The molecule has 0 saturated heterocycles. The molecule has 0 atom stereocenters. The van der Waals surface area contributed by atoms with Crippen molar-refractivity contribution in [2.45, 2.75) is 27.1 Å². The zero-order valence-corrected chi connectivity index (χ0v) is 9.29. The highest BCUT2D eigenvalue weighted by Crippen LogP contribution is 2.01. The molecule has 0 saturated carbocycles. The Morgan fingerprint density at radius 1 is 1.50 bits per heavy atom. The summed E-state index contributed by atoms with van der Waals surface area (Å²) in [4.78, 5) is 0. The predicted octanol–water partition coefficient (Wildman–Crippen LogP) is 1.84. The molecule has 0 amide bonds. The largest absolute Gasteiger partial charge is 0.364 e. The lowest BCUT2D eigenvalue weighted by atomic mass is 10.2. The van der Waals surface area contributed by atoms with Crippen LogP contribution in [0.25, 0.3) is 0 Å². The Hall–Kier alpha value is -0.800. The minimum Gasteiger partial charge on any atom is -0.364 e. The van der Waals surface area contributed by atoms with Gasteiger partial charge in [0.25, 0.3) is 0 Å². The fraction of sp³-hybridized carbons (Fsp3) is 0.636. The fourth-order valence-electron chi connectivity index (χ4n) is 1.33. The van der Waals surface area contributed by atoms with Gasteiger partial charge in [-0.25, -0.2) is 0 Å². The first-order chi connectivity index (χ1) is 6.72. The molecule has 3 nitrogen and oxygen atoms in total. The first-order valence-electron chi connectivity index (χ1n) is 5.06. The summed E-state index contributed by atoms with van der Waals surface area (Å²) in [6.07, 6.45) is 4.15. The van der Waals surface area contributed by atoms with Crippen LogP contribution in [0.4, 0.5) is 0 Å². The second kappa shape index (κ2) is 5.83. The van der Waals surface area contributed by atoms with Gasteiger partial charge in [0.05, 0.1) is 0 Å². The van der Waals surface area contributed by atoms with Crippen LogP contribution in [0.15, 0.2) is 18.5 Å². The van der Waals surface area contributed by atoms with Gasteiger partial charge in [-0.3, -0.25) is 0 Å². The number of hydrogen-bond donors (Lipinski definition) is 1. The van der Waals surface area contributed by atoms with Crippen LogP contribution in [0.1, 0.15) is 19.4 Å². The molecule has 14 heavy (non-hydrogen) atoms. The maximum Gasteiger partial charge on any atom is 0.121 e. The molecule has 0 aliphatic heterocycles. The molecule has 0 bridgehead atoms. The zero-order valence-electron chi connectivity index (χ0n) is 9.29. The van der Waals surface area contributed by atoms with Crippen molar-refractivity contribution in [2.75, 3.05) is 13.7 Å². The third-order valence-corrected chi connectivity index (χ3v) is 1.97. The Morgan fingerprint density at radius 2 is 2.29 bits per heavy atom. The fourth-order valence-corrected chi connectivity index (χ4v) is 1.33. The summed E-state index contributed by atoms with van der Waals surface area (Å²) in [7, 11) is 1.71. The summed E-state index contributed by atoms with van der Waals surface area (Å²) < 4.78 is 7.06. The second-order valence-electron chi connectivity index (χ2n) is 3.98. The number of aromatic nitrogens is 1. The molecule has 0 spiro atoms. The van der Waals surface area contributed by atoms with E-state index in [2.05, 4.69) is 31.4 Å². The minimum absolute atomic E-state index is 0.629. The van der Waals surface area contributed by atoms with E-state index in [1.807, 2.05) is 10.8 Å². The summed E-state index contributed by atoms with van der Waals surface area (Å²) in [5.41, 5.74) is 1.31. The van der Waals surface area contributed by atoms with E-state index in [4.69, 9.17) is 4.74 Å². The van der Waals surface area contributed by atoms with Crippen molar-refractivity contribution < 1.29 is 4.74 Å². The van der Waals surface area contributed by atoms with E-state index in [1.165, 1.54) is 5.56 Å². The Balaban J connectivity index is 2.28. The van der Waals surface area contributed by atoms with E-state index in [-0.39, 0.29) is 0 Å². The molecule has 0 fully saturated rings. The van der Waals surface area contributed by atoms with Crippen LogP contribution in [0.3, 0.4) is 0 Å². The summed E-state index contributed by atoms with van der Waals surface area (Å²) in [6, 6.07) is 2.12. The summed E-state index contributed by atoms with van der Waals surface area (Å²) in [5.74, 6) is 0.705. The third kappa shape index (κ3) is 3.94. The average molecular weight is 196 g/mol. The first kappa shape index (κ1) is 11.3. The molecule has 0 radical (unpaired) electrons. The van der Waals surface area contributed by atoms with Gasteiger partial charge in [0.15, 0.2) is 0 Å². The van der Waals surface area contributed by atoms with Gasteiger partial charge in [-0.15, -0.1) is 0 Å². The van der Waals surface area contributed by atoms with Gasteiger partial charge in [-0.1, -0.05) is 13.8 Å². The van der Waals surface area contributed by atoms with Crippen molar-refractivity contribution in [3.8, 4) is 0 Å². The molecule has 0 aliphatic rings. The highest BCUT2D eigenvalue weighted by atomic mass is 16.5. The highest BCUT2D eigenvalue weighted by Gasteiger charge is 1.97. The maximum absolute atomic E-state index is 5.03. The molecular formula is C11H20N2O. The Morgan fingerprint density at radius 3 is 2.93 bits per heavy atom. The first-order valence-corrected chi connectivity index (χ1v) is 5.06. The molecule has 0 unspecified atom stereocenters. The second-order valence-corrected chi connectivity index (χ2v) is 3.98. The van der Waals surface area contributed by atoms with Crippen LogP contribution in [0.2, 0.25) is 0 Å². The number of hydrogen-bond acceptors (Lipinski definition) is 2. The Labute approximate surface area is 86.1 Å². The van der Waals surface area contributed by atoms with Crippen LogP contribution in [0.5, 0.6) is 0 Å². The Bertz CT molecular complexity index is 256. The number of rotatable bonds is 6. The molecule has 1 aromatic rings. The maximum atomic E-state index is 5.03. The van der Waals surface area contributed by atoms with E-state index in [1.54, 1.807) is 7.11 Å². The molecule has 1 heterocycles. The smallest absolute Gasteiger partial charge is 0.121 e. The van der Waals surface area contributed by atoms with Crippen molar-refractivity contribution in [1.82, 2.24) is 9.88 Å². The number of methoxy groups -OCH3 is 1. The van der Waals surface area contributed by atoms with Crippen LogP contribution < -0.4 is 5.32 Å². The standard InChI is InChI=1S/C11H20N2O/c1-10(2)6-12-7-11-4-5-13(8-11)9-14-3/h4-5,8,10,12H,6-7,9H2,1-3H3. The predicted molar refractivity (Wildman–Crippen MR) is 58.0 cm³/mol. The van der Waals surface area contributed by atoms with E-state index >= 15 is 0 Å². The molecule has 1 rings (SSSR count). The Kier molecular flexibility index (Phi) is 4.70. The number of nitrogens with one attached hydrogen (secondary N) is 1. The molecule has 1 N–H and O–H groups in total. The third-order valence-electron chi connectivity index (χ3n) is 1.97. The normalized spacial score (nSPS) is 11.1. The van der Waals surface area contributed by atoms with Gasteiger partial charge in [0.1, 0.15) is 6.73 Å². The SMILES string of the molecule is COCn1ccc(CNCC(C)C)c1. The van der Waals surface area contributed by atoms with Crippen molar-refractivity contribution in [1.29, 1.82) is 0 Å². The highest BCUT2D eigenvalue weighted by molar-refractivity contribution is 5.09. The van der Waals surface area contributed by atoms with Gasteiger partial charge in [-0.05, 0) is 24.1 Å². The monoisotopic (exact) mass is 196 g/mol. The summed E-state index contributed by atoms with van der Waals surface area (Å²) in [5, 5.41) is 3.40. The molecule has 3 heteroatoms. The van der Waals surface area contributed by atoms with Gasteiger partial charge < -0.3 is 14.6 Å². The molecule has 1 aromatic heterocycles. The quantitative estimate of drug-likeness (QED) is 0.751. The number of nitrogens with zero attached hydrogens (tertiary/aromatic N) is 1. The van der Waals surface area contributed by atoms with Crippen LogP contribution in [-0.2, 0) is 18.0 Å². The van der Waals surface area contributed by atoms with E-state index in [0.29, 0.717) is 12.6 Å². The van der Waals surface area contributed by atoms with Gasteiger partial charge >= 0.3 is 0 Å². The lowest BCUT2D eigenvalue weighted by Gasteiger charge is -2.05. The lowest BCUT2D eigenvalue weighted by Crippen LogP contribution is -2.18. The van der Waals surface area contributed by atoms with Crippen molar-refractivity contribution in [3.63, 3.8) is 0 Å². The lowest BCUT2D eigenvalue weighted by molar-refractivity contribution is 0.131. The van der Waals surface area contributed by atoms with Crippen molar-refractivity contribution in [2.24, 2.45) is 5.92 Å². The minimum atomic E-state index is 0.629. The van der Waals surface area contributed by atoms with Gasteiger partial charge in [0.2, 0.25) is 0 Å². The molecule has 0 aliphatic carbocycles. The topological polar surface area (TPSA) is 26.2 Å². The van der Waals surface area contributed by atoms with E-state index < -0.39 is 0 Å². The van der Waals surface area contributed by atoms with Crippen LogP contribution >= 0.6 is 0 Å². The van der Waals surface area contributed by atoms with E-state index in [9.17, 15) is 0 Å². The van der Waals surface area contributed by atoms with Crippen molar-refractivity contribution in [3.05, 3.63) is 24.0 Å². The van der Waals surface area contributed by atoms with Crippen LogP contribution in [-0.4, -0.2) is 18.2 Å². The van der Waals surface area contributed by atoms with Gasteiger partial charge in [-0.2, -0.15) is 0 Å². The summed E-state index contributed by atoms with van der Waals surface area (Å²) in [6.45, 7) is 7.06. The molecular weight excluding hydrogens is 176 g/mol. The molecule has 80 valence electrons.